The van der Waals surface area contributed by atoms with E-state index in [0.29, 0.717) is 6.04 Å². The van der Waals surface area contributed by atoms with Crippen LogP contribution in [0.5, 0.6) is 0 Å². The highest BCUT2D eigenvalue weighted by Gasteiger charge is 2.22. The Labute approximate surface area is 95.2 Å². The Morgan fingerprint density at radius 1 is 1.69 bits per heavy atom. The molecule has 5 heteroatoms. The van der Waals surface area contributed by atoms with Gasteiger partial charge < -0.3 is 10.6 Å². The van der Waals surface area contributed by atoms with Gasteiger partial charge in [-0.15, -0.1) is 0 Å². The van der Waals surface area contributed by atoms with Gasteiger partial charge in [-0.1, -0.05) is 0 Å². The second-order valence-electron chi connectivity index (χ2n) is 4.48. The first-order chi connectivity index (χ1) is 7.66. The average molecular weight is 222 g/mol. The molecule has 1 aromatic heterocycles. The summed E-state index contributed by atoms with van der Waals surface area (Å²) in [6.45, 7) is 5.83. The van der Waals surface area contributed by atoms with Crippen molar-refractivity contribution < 1.29 is 4.79 Å². The lowest BCUT2D eigenvalue weighted by atomic mass is 10.1. The summed E-state index contributed by atoms with van der Waals surface area (Å²) in [5.74, 6) is 0.190. The smallest absolute Gasteiger partial charge is 0.228 e. The van der Waals surface area contributed by atoms with Crippen LogP contribution in [0, 0.1) is 5.92 Å². The molecule has 0 spiro atoms. The number of nitrogens with one attached hydrogen (secondary N) is 2. The minimum Gasteiger partial charge on any atom is -0.323 e. The van der Waals surface area contributed by atoms with E-state index < -0.39 is 0 Å². The Kier molecular flexibility index (Phi) is 3.24. The molecule has 5 nitrogen and oxygen atoms in total. The topological polar surface area (TPSA) is 59.0 Å². The van der Waals surface area contributed by atoms with Crippen LogP contribution in [0.3, 0.4) is 0 Å². The third kappa shape index (κ3) is 2.41. The molecule has 88 valence electrons. The number of aromatic nitrogens is 2. The van der Waals surface area contributed by atoms with Crippen LogP contribution in [-0.4, -0.2) is 28.8 Å². The van der Waals surface area contributed by atoms with Crippen molar-refractivity contribution in [3.63, 3.8) is 0 Å². The minimum absolute atomic E-state index is 0.0910. The van der Waals surface area contributed by atoms with Gasteiger partial charge in [0.25, 0.3) is 0 Å². The van der Waals surface area contributed by atoms with Gasteiger partial charge in [-0.25, -0.2) is 0 Å². The lowest BCUT2D eigenvalue weighted by Crippen LogP contribution is -2.24. The lowest BCUT2D eigenvalue weighted by molar-refractivity contribution is -0.119. The molecule has 0 aliphatic carbocycles. The Bertz CT molecular complexity index is 366. The number of hydrogen-bond acceptors (Lipinski definition) is 3. The summed E-state index contributed by atoms with van der Waals surface area (Å²) in [5, 5.41) is 10.3. The number of anilines is 1. The van der Waals surface area contributed by atoms with Crippen LogP contribution < -0.4 is 10.6 Å². The maximum absolute atomic E-state index is 11.8. The zero-order chi connectivity index (χ0) is 11.5. The van der Waals surface area contributed by atoms with Crippen molar-refractivity contribution in [1.29, 1.82) is 0 Å². The predicted molar refractivity (Wildman–Crippen MR) is 62.2 cm³/mol. The second kappa shape index (κ2) is 4.65. The first-order valence-electron chi connectivity index (χ1n) is 5.72. The highest BCUT2D eigenvalue weighted by molar-refractivity contribution is 5.92. The van der Waals surface area contributed by atoms with E-state index in [-0.39, 0.29) is 11.8 Å². The molecule has 1 aliphatic heterocycles. The number of carbonyl (C=O) groups is 1. The van der Waals surface area contributed by atoms with E-state index in [2.05, 4.69) is 29.6 Å². The first-order valence-corrected chi connectivity index (χ1v) is 5.72. The van der Waals surface area contributed by atoms with Gasteiger partial charge in [0.2, 0.25) is 5.91 Å². The number of amides is 1. The van der Waals surface area contributed by atoms with Crippen molar-refractivity contribution in [1.82, 2.24) is 15.1 Å². The normalized spacial score (nSPS) is 20.3. The fourth-order valence-corrected chi connectivity index (χ4v) is 1.81. The van der Waals surface area contributed by atoms with Gasteiger partial charge in [-0.05, 0) is 26.8 Å². The fourth-order valence-electron chi connectivity index (χ4n) is 1.81. The second-order valence-corrected chi connectivity index (χ2v) is 4.48. The van der Waals surface area contributed by atoms with Crippen LogP contribution in [0.25, 0.3) is 0 Å². The van der Waals surface area contributed by atoms with Crippen molar-refractivity contribution in [2.45, 2.75) is 26.3 Å². The quantitative estimate of drug-likeness (QED) is 0.802. The summed E-state index contributed by atoms with van der Waals surface area (Å²) >= 11 is 0. The molecule has 1 amide bonds. The van der Waals surface area contributed by atoms with Gasteiger partial charge in [0.1, 0.15) is 0 Å². The Hall–Kier alpha value is -1.36. The molecule has 1 saturated heterocycles. The van der Waals surface area contributed by atoms with Crippen LogP contribution in [0.1, 0.15) is 26.3 Å². The van der Waals surface area contributed by atoms with E-state index in [1.54, 1.807) is 6.20 Å². The van der Waals surface area contributed by atoms with Crippen molar-refractivity contribution in [2.24, 2.45) is 5.92 Å². The summed E-state index contributed by atoms with van der Waals surface area (Å²) in [5.41, 5.74) is 0.783. The number of hydrogen-bond donors (Lipinski definition) is 2. The molecule has 2 N–H and O–H groups in total. The van der Waals surface area contributed by atoms with Crippen molar-refractivity contribution in [3.8, 4) is 0 Å². The van der Waals surface area contributed by atoms with Gasteiger partial charge in [-0.3, -0.25) is 9.48 Å². The summed E-state index contributed by atoms with van der Waals surface area (Å²) in [6.07, 6.45) is 4.48. The van der Waals surface area contributed by atoms with E-state index in [4.69, 9.17) is 0 Å². The van der Waals surface area contributed by atoms with Gasteiger partial charge in [0, 0.05) is 18.8 Å². The Morgan fingerprint density at radius 2 is 2.50 bits per heavy atom. The van der Waals surface area contributed by atoms with Crippen LogP contribution in [0.2, 0.25) is 0 Å². The number of carbonyl (C=O) groups excluding carboxylic acids is 1. The van der Waals surface area contributed by atoms with Crippen molar-refractivity contribution in [2.75, 3.05) is 18.4 Å². The minimum atomic E-state index is 0.0910. The Balaban J connectivity index is 1.95. The monoisotopic (exact) mass is 222 g/mol. The molecule has 0 aromatic carbocycles. The summed E-state index contributed by atoms with van der Waals surface area (Å²) in [6, 6.07) is 0.318. The van der Waals surface area contributed by atoms with Crippen molar-refractivity contribution in [3.05, 3.63) is 12.4 Å². The standard InChI is InChI=1S/C11H18N4O/c1-8(2)15-7-10(6-13-15)14-11(16)9-3-4-12-5-9/h6-9,12H,3-5H2,1-2H3,(H,14,16). The van der Waals surface area contributed by atoms with Crippen LogP contribution in [-0.2, 0) is 4.79 Å². The van der Waals surface area contributed by atoms with Gasteiger partial charge in [0.15, 0.2) is 0 Å². The van der Waals surface area contributed by atoms with Crippen molar-refractivity contribution >= 4 is 11.6 Å². The molecule has 1 unspecified atom stereocenters. The fraction of sp³-hybridized carbons (Fsp3) is 0.636. The molecule has 1 aromatic rings. The first kappa shape index (κ1) is 11.1. The molecule has 0 radical (unpaired) electrons. The largest absolute Gasteiger partial charge is 0.323 e. The number of rotatable bonds is 3. The zero-order valence-electron chi connectivity index (χ0n) is 9.73. The van der Waals surface area contributed by atoms with Crippen LogP contribution >= 0.6 is 0 Å². The summed E-state index contributed by atoms with van der Waals surface area (Å²) < 4.78 is 1.84. The lowest BCUT2D eigenvalue weighted by Gasteiger charge is -2.07. The molecule has 2 heterocycles. The van der Waals surface area contributed by atoms with Gasteiger partial charge in [0.05, 0.1) is 17.8 Å². The van der Waals surface area contributed by atoms with E-state index >= 15 is 0 Å². The molecule has 1 aliphatic rings. The van der Waals surface area contributed by atoms with E-state index in [0.717, 1.165) is 25.2 Å². The average Bonchev–Trinajstić information content (AvgIpc) is 2.87. The molecule has 1 atom stereocenters. The summed E-state index contributed by atoms with van der Waals surface area (Å²) in [4.78, 5) is 11.8. The predicted octanol–water partition coefficient (Wildman–Crippen LogP) is 1.01. The molecular formula is C11H18N4O. The summed E-state index contributed by atoms with van der Waals surface area (Å²) in [7, 11) is 0. The van der Waals surface area contributed by atoms with Gasteiger partial charge in [-0.2, -0.15) is 5.10 Å². The molecule has 0 saturated carbocycles. The molecule has 2 rings (SSSR count). The van der Waals surface area contributed by atoms with E-state index in [9.17, 15) is 4.79 Å². The van der Waals surface area contributed by atoms with E-state index in [1.807, 2.05) is 10.9 Å². The maximum Gasteiger partial charge on any atom is 0.228 e. The van der Waals surface area contributed by atoms with Crippen LogP contribution in [0.4, 0.5) is 5.69 Å². The SMILES string of the molecule is CC(C)n1cc(NC(=O)C2CCNC2)cn1. The zero-order valence-corrected chi connectivity index (χ0v) is 9.73. The molecule has 0 bridgehead atoms. The van der Waals surface area contributed by atoms with E-state index in [1.165, 1.54) is 0 Å². The highest BCUT2D eigenvalue weighted by Crippen LogP contribution is 2.14. The molecule has 16 heavy (non-hydrogen) atoms. The molecular weight excluding hydrogens is 204 g/mol. The third-order valence-electron chi connectivity index (χ3n) is 2.83. The van der Waals surface area contributed by atoms with Crippen LogP contribution in [0.15, 0.2) is 12.4 Å². The third-order valence-corrected chi connectivity index (χ3v) is 2.83. The Morgan fingerprint density at radius 3 is 3.06 bits per heavy atom. The molecule has 1 fully saturated rings. The number of nitrogens with zero attached hydrogens (tertiary/aromatic N) is 2. The highest BCUT2D eigenvalue weighted by atomic mass is 16.1. The van der Waals surface area contributed by atoms with Gasteiger partial charge >= 0.3 is 0 Å². The maximum atomic E-state index is 11.8.